The number of rotatable bonds is 4. The van der Waals surface area contributed by atoms with Gasteiger partial charge >= 0.3 is 6.03 Å². The first-order valence-corrected chi connectivity index (χ1v) is 11.3. The first-order chi connectivity index (χ1) is 16.0. The Morgan fingerprint density at radius 1 is 1.15 bits per heavy atom. The Morgan fingerprint density at radius 3 is 2.73 bits per heavy atom. The Bertz CT molecular complexity index is 1340. The van der Waals surface area contributed by atoms with Crippen molar-refractivity contribution in [3.05, 3.63) is 60.3 Å². The molecule has 1 unspecified atom stereocenters. The Kier molecular flexibility index (Phi) is 4.50. The van der Waals surface area contributed by atoms with Crippen molar-refractivity contribution in [1.82, 2.24) is 19.4 Å². The van der Waals surface area contributed by atoms with Gasteiger partial charge in [-0.25, -0.2) is 19.2 Å². The molecule has 3 aromatic rings. The molecule has 1 saturated carbocycles. The summed E-state index contributed by atoms with van der Waals surface area (Å²) < 4.78 is 17.6. The minimum atomic E-state index is -0.402. The number of aromatic nitrogens is 3. The van der Waals surface area contributed by atoms with Gasteiger partial charge in [-0.15, -0.1) is 0 Å². The van der Waals surface area contributed by atoms with Crippen LogP contribution < -0.4 is 10.6 Å². The number of benzene rings is 1. The molecule has 1 aliphatic heterocycles. The van der Waals surface area contributed by atoms with Gasteiger partial charge in [0, 0.05) is 36.1 Å². The normalized spacial score (nSPS) is 20.7. The van der Waals surface area contributed by atoms with Gasteiger partial charge in [0.1, 0.15) is 23.6 Å². The van der Waals surface area contributed by atoms with Crippen molar-refractivity contribution in [2.75, 3.05) is 24.2 Å². The van der Waals surface area contributed by atoms with Crippen molar-refractivity contribution in [1.29, 1.82) is 0 Å². The highest BCUT2D eigenvalue weighted by molar-refractivity contribution is 6.01. The number of allylic oxidation sites excluding steroid dienone is 2. The van der Waals surface area contributed by atoms with Crippen molar-refractivity contribution in [2.24, 2.45) is 0 Å². The zero-order valence-corrected chi connectivity index (χ0v) is 18.4. The number of carbonyl (C=O) groups excluding carboxylic acids is 1. The summed E-state index contributed by atoms with van der Waals surface area (Å²) in [4.78, 5) is 24.9. The molecule has 6 rings (SSSR count). The summed E-state index contributed by atoms with van der Waals surface area (Å²) >= 11 is 0. The number of likely N-dealkylation sites (N-methyl/N-ethyl adjacent to an activating group) is 1. The number of nitrogens with zero attached hydrogens (tertiary/aromatic N) is 5. The molecule has 2 N–H and O–H groups in total. The lowest BCUT2D eigenvalue weighted by atomic mass is 10.00. The van der Waals surface area contributed by atoms with Gasteiger partial charge in [0.25, 0.3) is 0 Å². The highest BCUT2D eigenvalue weighted by Gasteiger charge is 2.37. The van der Waals surface area contributed by atoms with Gasteiger partial charge in [-0.3, -0.25) is 4.90 Å². The van der Waals surface area contributed by atoms with Crippen LogP contribution in [0.3, 0.4) is 0 Å². The van der Waals surface area contributed by atoms with Crippen LogP contribution in [0.1, 0.15) is 31.7 Å². The summed E-state index contributed by atoms with van der Waals surface area (Å²) in [5, 5.41) is 0.670. The van der Waals surface area contributed by atoms with Gasteiger partial charge in [0.15, 0.2) is 0 Å². The third kappa shape index (κ3) is 3.20. The maximum atomic E-state index is 15.5. The van der Waals surface area contributed by atoms with Crippen molar-refractivity contribution in [3.8, 4) is 11.1 Å². The molecule has 2 fully saturated rings. The molecular weight excluding hydrogens is 419 g/mol. The number of carbonyl (C=O) groups is 1. The standard InChI is InChI=1S/C25H25FN6O/c1-30-21(15-5-3-2-4-6-15)13-32(25(30)33)17-9-10-18(20(26)11-17)19-12-31(16-7-8-16)24-22(19)23(27)28-14-29-24/h3,5-6,9-12,14,16,21H,2,4,7-8,13H2,1H3,(H2,27,28,29). The number of halogens is 1. The van der Waals surface area contributed by atoms with Crippen molar-refractivity contribution in [3.63, 3.8) is 0 Å². The van der Waals surface area contributed by atoms with Crippen LogP contribution in [-0.4, -0.2) is 45.1 Å². The molecule has 0 spiro atoms. The molecular formula is C25H25FN6O. The fourth-order valence-corrected chi connectivity index (χ4v) is 4.96. The maximum Gasteiger partial charge on any atom is 0.324 e. The van der Waals surface area contributed by atoms with E-state index in [4.69, 9.17) is 5.73 Å². The van der Waals surface area contributed by atoms with E-state index < -0.39 is 5.82 Å². The molecule has 7 nitrogen and oxygen atoms in total. The van der Waals surface area contributed by atoms with Crippen LogP contribution in [0.25, 0.3) is 22.2 Å². The Labute approximate surface area is 191 Å². The lowest BCUT2D eigenvalue weighted by molar-refractivity contribution is 0.223. The van der Waals surface area contributed by atoms with Crippen LogP contribution in [-0.2, 0) is 0 Å². The second-order valence-electron chi connectivity index (χ2n) is 9.01. The molecule has 2 amide bonds. The second kappa shape index (κ2) is 7.43. The van der Waals surface area contributed by atoms with E-state index in [9.17, 15) is 4.79 Å². The minimum absolute atomic E-state index is 0.0368. The monoisotopic (exact) mass is 444 g/mol. The average molecular weight is 445 g/mol. The van der Waals surface area contributed by atoms with E-state index in [1.54, 1.807) is 29.0 Å². The van der Waals surface area contributed by atoms with E-state index in [0.29, 0.717) is 40.6 Å². The van der Waals surface area contributed by atoms with Crippen molar-refractivity contribution in [2.45, 2.75) is 37.8 Å². The lowest BCUT2D eigenvalue weighted by Crippen LogP contribution is -2.32. The van der Waals surface area contributed by atoms with Gasteiger partial charge in [-0.2, -0.15) is 0 Å². The third-order valence-electron chi connectivity index (χ3n) is 6.90. The van der Waals surface area contributed by atoms with Crippen LogP contribution >= 0.6 is 0 Å². The smallest absolute Gasteiger partial charge is 0.324 e. The predicted octanol–water partition coefficient (Wildman–Crippen LogP) is 4.67. The fraction of sp³-hybridized carbons (Fsp3) is 0.320. The molecule has 0 bridgehead atoms. The Morgan fingerprint density at radius 2 is 2.00 bits per heavy atom. The van der Waals surface area contributed by atoms with Gasteiger partial charge in [-0.05, 0) is 49.5 Å². The van der Waals surface area contributed by atoms with E-state index in [-0.39, 0.29) is 12.1 Å². The van der Waals surface area contributed by atoms with Gasteiger partial charge in [0.05, 0.1) is 18.0 Å². The van der Waals surface area contributed by atoms with Gasteiger partial charge in [-0.1, -0.05) is 18.2 Å². The zero-order chi connectivity index (χ0) is 22.7. The van der Waals surface area contributed by atoms with E-state index in [1.165, 1.54) is 12.4 Å². The molecule has 2 aromatic heterocycles. The average Bonchev–Trinajstić information content (AvgIpc) is 3.53. The van der Waals surface area contributed by atoms with Crippen LogP contribution in [0, 0.1) is 5.82 Å². The van der Waals surface area contributed by atoms with Crippen LogP contribution in [0.4, 0.5) is 20.7 Å². The Balaban J connectivity index is 1.36. The summed E-state index contributed by atoms with van der Waals surface area (Å²) in [6.45, 7) is 0.492. The molecule has 33 heavy (non-hydrogen) atoms. The number of nitrogen functional groups attached to an aromatic ring is 1. The number of hydrogen-bond acceptors (Lipinski definition) is 4. The lowest BCUT2D eigenvalue weighted by Gasteiger charge is -2.20. The van der Waals surface area contributed by atoms with E-state index in [1.807, 2.05) is 6.20 Å². The van der Waals surface area contributed by atoms with Gasteiger partial charge < -0.3 is 15.2 Å². The van der Waals surface area contributed by atoms with Gasteiger partial charge in [0.2, 0.25) is 0 Å². The summed E-state index contributed by atoms with van der Waals surface area (Å²) in [6, 6.07) is 5.17. The zero-order valence-electron chi connectivity index (χ0n) is 18.4. The number of nitrogens with two attached hydrogens (primary N) is 1. The summed E-state index contributed by atoms with van der Waals surface area (Å²) in [5.41, 5.74) is 9.70. The molecule has 0 radical (unpaired) electrons. The minimum Gasteiger partial charge on any atom is -0.383 e. The van der Waals surface area contributed by atoms with Crippen molar-refractivity contribution >= 4 is 28.6 Å². The number of amides is 2. The maximum absolute atomic E-state index is 15.5. The highest BCUT2D eigenvalue weighted by atomic mass is 19.1. The Hall–Kier alpha value is -3.68. The van der Waals surface area contributed by atoms with E-state index in [0.717, 1.165) is 36.9 Å². The molecule has 3 aliphatic rings. The summed E-state index contributed by atoms with van der Waals surface area (Å²) in [5.74, 6) is -0.0628. The molecule has 1 atom stereocenters. The van der Waals surface area contributed by atoms with Crippen LogP contribution in [0.15, 0.2) is 54.5 Å². The van der Waals surface area contributed by atoms with Crippen molar-refractivity contribution < 1.29 is 9.18 Å². The molecule has 1 aromatic carbocycles. The highest BCUT2D eigenvalue weighted by Crippen LogP contribution is 2.43. The number of anilines is 2. The molecule has 8 heteroatoms. The predicted molar refractivity (Wildman–Crippen MR) is 126 cm³/mol. The molecule has 168 valence electrons. The summed E-state index contributed by atoms with van der Waals surface area (Å²) in [7, 11) is 1.80. The van der Waals surface area contributed by atoms with Crippen LogP contribution in [0.2, 0.25) is 0 Å². The molecule has 3 heterocycles. The molecule has 1 saturated heterocycles. The topological polar surface area (TPSA) is 80.3 Å². The number of urea groups is 1. The number of fused-ring (bicyclic) bond motifs is 1. The molecule has 2 aliphatic carbocycles. The second-order valence-corrected chi connectivity index (χ2v) is 9.01. The largest absolute Gasteiger partial charge is 0.383 e. The summed E-state index contributed by atoms with van der Waals surface area (Å²) in [6.07, 6.45) is 13.9. The first kappa shape index (κ1) is 20.0. The fourth-order valence-electron chi connectivity index (χ4n) is 4.96. The van der Waals surface area contributed by atoms with E-state index in [2.05, 4.69) is 32.8 Å². The number of hydrogen-bond donors (Lipinski definition) is 1. The van der Waals surface area contributed by atoms with Crippen LogP contribution in [0.5, 0.6) is 0 Å². The SMILES string of the molecule is CN1C(=O)N(c2ccc(-c3cn(C4CC4)c4ncnc(N)c34)c(F)c2)CC1C1=CCCC=C1. The van der Waals surface area contributed by atoms with E-state index >= 15 is 4.39 Å². The third-order valence-corrected chi connectivity index (χ3v) is 6.90. The first-order valence-electron chi connectivity index (χ1n) is 11.3. The quantitative estimate of drug-likeness (QED) is 0.634.